The van der Waals surface area contributed by atoms with Gasteiger partial charge in [-0.05, 0) is 24.6 Å². The maximum atomic E-state index is 13.2. The summed E-state index contributed by atoms with van der Waals surface area (Å²) < 4.78 is 7.25. The van der Waals surface area contributed by atoms with Crippen LogP contribution in [0.15, 0.2) is 46.6 Å². The lowest BCUT2D eigenvalue weighted by Gasteiger charge is -2.46. The van der Waals surface area contributed by atoms with E-state index in [0.29, 0.717) is 17.7 Å². The average molecular weight is 530 g/mol. The number of benzene rings is 1. The molecule has 1 fully saturated rings. The fourth-order valence-electron chi connectivity index (χ4n) is 4.71. The highest BCUT2D eigenvalue weighted by molar-refractivity contribution is 8.03. The number of aromatic nitrogens is 3. The van der Waals surface area contributed by atoms with Gasteiger partial charge in [-0.25, -0.2) is 14.3 Å². The van der Waals surface area contributed by atoms with Gasteiger partial charge in [0.15, 0.2) is 0 Å². The third-order valence-electron chi connectivity index (χ3n) is 6.47. The summed E-state index contributed by atoms with van der Waals surface area (Å²) in [6, 6.07) is 5.44. The number of esters is 1. The first-order chi connectivity index (χ1) is 17.3. The number of carbonyl (C=O) groups excluding carboxylic acids is 2. The van der Waals surface area contributed by atoms with Crippen molar-refractivity contribution in [1.82, 2.24) is 19.5 Å². The maximum absolute atomic E-state index is 13.2. The summed E-state index contributed by atoms with van der Waals surface area (Å²) in [7, 11) is 0. The molecular weight excluding hydrogens is 506 g/mol. The zero-order valence-corrected chi connectivity index (χ0v) is 21.1. The molecule has 2 aromatic heterocycles. The summed E-state index contributed by atoms with van der Waals surface area (Å²) in [6.07, 6.45) is 1.70. The number of ether oxygens (including phenoxy) is 1. The maximum Gasteiger partial charge on any atom is 0.356 e. The number of thioether (sulfide) groups is 1. The molecule has 0 spiro atoms. The van der Waals surface area contributed by atoms with E-state index < -0.39 is 22.9 Å². The standard InChI is InChI=1S/C23H23N5O6S2/c1-12-18-17(13(2)29)21(30)27(18)19(22(31)34-10-14-3-5-16(6-4-14)28(32)33)20(12)35-8-7-15-9-26-23(25-15)36-11-24-26/h3-6,9,11-13,17-18,29H,7-8,10H2,1-2H3/t12-,13-,17-,18-/m1/s1. The van der Waals surface area contributed by atoms with E-state index in [9.17, 15) is 24.8 Å². The molecule has 0 saturated carbocycles. The Morgan fingerprint density at radius 3 is 2.78 bits per heavy atom. The number of imidazole rings is 1. The molecule has 0 unspecified atom stereocenters. The van der Waals surface area contributed by atoms with Gasteiger partial charge in [0.25, 0.3) is 5.69 Å². The summed E-state index contributed by atoms with van der Waals surface area (Å²) in [4.78, 5) is 44.0. The van der Waals surface area contributed by atoms with Gasteiger partial charge in [0.1, 0.15) is 17.8 Å². The van der Waals surface area contributed by atoms with Crippen molar-refractivity contribution in [3.8, 4) is 0 Å². The number of rotatable bonds is 9. The number of aliphatic hydroxyl groups is 1. The Bertz CT molecular complexity index is 1340. The molecular formula is C23H23N5O6S2. The summed E-state index contributed by atoms with van der Waals surface area (Å²) in [6.45, 7) is 3.45. The van der Waals surface area contributed by atoms with E-state index in [4.69, 9.17) is 4.74 Å². The van der Waals surface area contributed by atoms with Crippen LogP contribution in [0.25, 0.3) is 4.96 Å². The second-order valence-corrected chi connectivity index (χ2v) is 10.7. The fraction of sp³-hybridized carbons (Fsp3) is 0.391. The molecule has 0 bridgehead atoms. The molecule has 188 valence electrons. The van der Waals surface area contributed by atoms with Crippen molar-refractivity contribution in [2.75, 3.05) is 5.75 Å². The number of non-ortho nitro benzene ring substituents is 1. The Morgan fingerprint density at radius 2 is 2.11 bits per heavy atom. The smallest absolute Gasteiger partial charge is 0.356 e. The molecule has 1 saturated heterocycles. The van der Waals surface area contributed by atoms with Gasteiger partial charge in [-0.15, -0.1) is 11.8 Å². The molecule has 1 amide bonds. The van der Waals surface area contributed by atoms with Gasteiger partial charge >= 0.3 is 5.97 Å². The second kappa shape index (κ2) is 9.64. The average Bonchev–Trinajstić information content (AvgIpc) is 3.49. The molecule has 4 heterocycles. The Balaban J connectivity index is 1.32. The van der Waals surface area contributed by atoms with Crippen molar-refractivity contribution in [3.05, 3.63) is 67.9 Å². The molecule has 5 rings (SSSR count). The van der Waals surface area contributed by atoms with Crippen LogP contribution in [-0.4, -0.2) is 59.3 Å². The van der Waals surface area contributed by atoms with E-state index >= 15 is 0 Å². The predicted octanol–water partition coefficient (Wildman–Crippen LogP) is 2.79. The minimum absolute atomic E-state index is 0.0531. The fourth-order valence-corrected chi connectivity index (χ4v) is 6.58. The van der Waals surface area contributed by atoms with Gasteiger partial charge in [0.2, 0.25) is 10.9 Å². The number of aryl methyl sites for hydroxylation is 1. The van der Waals surface area contributed by atoms with Crippen LogP contribution in [0.1, 0.15) is 25.1 Å². The first-order valence-corrected chi connectivity index (χ1v) is 13.2. The molecule has 0 aliphatic carbocycles. The largest absolute Gasteiger partial charge is 0.456 e. The van der Waals surface area contributed by atoms with Crippen molar-refractivity contribution < 1.29 is 24.4 Å². The monoisotopic (exact) mass is 529 g/mol. The first kappa shape index (κ1) is 24.4. The van der Waals surface area contributed by atoms with E-state index in [1.807, 2.05) is 13.1 Å². The minimum Gasteiger partial charge on any atom is -0.456 e. The van der Waals surface area contributed by atoms with Crippen molar-refractivity contribution in [2.45, 2.75) is 39.0 Å². The third kappa shape index (κ3) is 4.27. The lowest BCUT2D eigenvalue weighted by atomic mass is 9.79. The number of β-lactam (4-membered cyclic amide) rings is 1. The van der Waals surface area contributed by atoms with Gasteiger partial charge in [-0.1, -0.05) is 18.3 Å². The molecule has 13 heteroatoms. The Hall–Kier alpha value is -3.29. The Morgan fingerprint density at radius 1 is 1.36 bits per heavy atom. The van der Waals surface area contributed by atoms with E-state index in [0.717, 1.165) is 15.6 Å². The summed E-state index contributed by atoms with van der Waals surface area (Å²) >= 11 is 2.94. The van der Waals surface area contributed by atoms with E-state index in [-0.39, 0.29) is 35.9 Å². The van der Waals surface area contributed by atoms with E-state index in [2.05, 4.69) is 10.1 Å². The zero-order chi connectivity index (χ0) is 25.6. The molecule has 4 atom stereocenters. The molecule has 2 aliphatic heterocycles. The molecule has 1 N–H and O–H groups in total. The molecule has 36 heavy (non-hydrogen) atoms. The minimum atomic E-state index is -0.825. The number of nitro groups is 1. The van der Waals surface area contributed by atoms with Crippen LogP contribution >= 0.6 is 23.1 Å². The van der Waals surface area contributed by atoms with Gasteiger partial charge in [0, 0.05) is 35.1 Å². The number of carbonyl (C=O) groups is 2. The lowest BCUT2D eigenvalue weighted by molar-refractivity contribution is -0.384. The molecule has 3 aromatic rings. The van der Waals surface area contributed by atoms with Crippen molar-refractivity contribution in [1.29, 1.82) is 0 Å². The number of nitro benzene ring substituents is 1. The SMILES string of the molecule is C[C@@H](O)[C@H]1C(=O)N2C(C(=O)OCc3ccc([N+](=O)[O-])cc3)=C(SCCc3cn4ncsc4n3)[C@H](C)[C@H]12. The van der Waals surface area contributed by atoms with Gasteiger partial charge in [-0.2, -0.15) is 5.10 Å². The third-order valence-corrected chi connectivity index (χ3v) is 8.44. The molecule has 11 nitrogen and oxygen atoms in total. The van der Waals surface area contributed by atoms with Crippen molar-refractivity contribution in [2.24, 2.45) is 11.8 Å². The van der Waals surface area contributed by atoms with Crippen molar-refractivity contribution >= 4 is 45.6 Å². The van der Waals surface area contributed by atoms with Crippen LogP contribution in [0.3, 0.4) is 0 Å². The topological polar surface area (TPSA) is 140 Å². The second-order valence-electron chi connectivity index (χ2n) is 8.76. The van der Waals surface area contributed by atoms with Crippen LogP contribution in [0, 0.1) is 22.0 Å². The van der Waals surface area contributed by atoms with Crippen molar-refractivity contribution in [3.63, 3.8) is 0 Å². The Kier molecular flexibility index (Phi) is 6.53. The zero-order valence-electron chi connectivity index (χ0n) is 19.4. The van der Waals surface area contributed by atoms with Gasteiger partial charge in [0.05, 0.1) is 34.9 Å². The summed E-state index contributed by atoms with van der Waals surface area (Å²) in [5.41, 5.74) is 3.37. The first-order valence-electron chi connectivity index (χ1n) is 11.3. The number of hydrogen-bond acceptors (Lipinski definition) is 10. The Labute approximate surface area is 213 Å². The summed E-state index contributed by atoms with van der Waals surface area (Å²) in [5.74, 6) is -0.991. The molecule has 0 radical (unpaired) electrons. The van der Waals surface area contributed by atoms with E-state index in [1.54, 1.807) is 16.9 Å². The number of aliphatic hydroxyl groups excluding tert-OH is 1. The van der Waals surface area contributed by atoms with Gasteiger partial charge in [-0.3, -0.25) is 14.9 Å². The predicted molar refractivity (Wildman–Crippen MR) is 132 cm³/mol. The van der Waals surface area contributed by atoms with E-state index in [1.165, 1.54) is 52.3 Å². The molecule has 1 aromatic carbocycles. The highest BCUT2D eigenvalue weighted by Crippen LogP contribution is 2.50. The van der Waals surface area contributed by atoms with Crippen LogP contribution in [-0.2, 0) is 27.4 Å². The highest BCUT2D eigenvalue weighted by Gasteiger charge is 2.60. The normalized spacial score (nSPS) is 22.0. The lowest BCUT2D eigenvalue weighted by Crippen LogP contribution is -2.63. The van der Waals surface area contributed by atoms with Crippen LogP contribution < -0.4 is 0 Å². The van der Waals surface area contributed by atoms with Crippen LogP contribution in [0.2, 0.25) is 0 Å². The van der Waals surface area contributed by atoms with Crippen LogP contribution in [0.4, 0.5) is 5.69 Å². The van der Waals surface area contributed by atoms with Crippen LogP contribution in [0.5, 0.6) is 0 Å². The number of hydrogen-bond donors (Lipinski definition) is 1. The highest BCUT2D eigenvalue weighted by atomic mass is 32.2. The van der Waals surface area contributed by atoms with Gasteiger partial charge < -0.3 is 14.7 Å². The quantitative estimate of drug-likeness (QED) is 0.192. The number of fused-ring (bicyclic) bond motifs is 2. The molecule has 2 aliphatic rings. The summed E-state index contributed by atoms with van der Waals surface area (Å²) in [5, 5.41) is 25.2. The number of amides is 1. The number of nitrogens with zero attached hydrogens (tertiary/aromatic N) is 5.